The molecule has 0 saturated carbocycles. The standard InChI is InChI=1S/C15H15N5O2/c1-10(18-11(2)21)12-3-5-13(6-4-12)14(22)8-20-9-17-15(7-16)19-20/h3-6,9-10H,8H2,1-2H3,(H,18,21)/t10-/m1/s1. The zero-order chi connectivity index (χ0) is 16.1. The Bertz CT molecular complexity index is 727. The number of carbonyl (C=O) groups excluding carboxylic acids is 2. The molecule has 0 spiro atoms. The molecule has 2 aromatic rings. The number of aromatic nitrogens is 3. The van der Waals surface area contributed by atoms with E-state index in [2.05, 4.69) is 15.4 Å². The van der Waals surface area contributed by atoms with Crippen molar-refractivity contribution in [1.82, 2.24) is 20.1 Å². The van der Waals surface area contributed by atoms with E-state index in [1.165, 1.54) is 17.9 Å². The highest BCUT2D eigenvalue weighted by Crippen LogP contribution is 2.14. The van der Waals surface area contributed by atoms with Crippen molar-refractivity contribution in [2.24, 2.45) is 0 Å². The van der Waals surface area contributed by atoms with Crippen LogP contribution in [0.2, 0.25) is 0 Å². The van der Waals surface area contributed by atoms with E-state index < -0.39 is 0 Å². The van der Waals surface area contributed by atoms with Gasteiger partial charge >= 0.3 is 0 Å². The molecule has 7 nitrogen and oxygen atoms in total. The van der Waals surface area contributed by atoms with Crippen LogP contribution < -0.4 is 5.32 Å². The van der Waals surface area contributed by atoms with Gasteiger partial charge in [0.15, 0.2) is 5.78 Å². The van der Waals surface area contributed by atoms with Gasteiger partial charge in [-0.15, -0.1) is 5.10 Å². The van der Waals surface area contributed by atoms with E-state index in [0.29, 0.717) is 5.56 Å². The van der Waals surface area contributed by atoms with Crippen LogP contribution in [0, 0.1) is 11.3 Å². The van der Waals surface area contributed by atoms with Crippen molar-refractivity contribution in [2.75, 3.05) is 0 Å². The maximum atomic E-state index is 12.1. The number of amides is 1. The van der Waals surface area contributed by atoms with Crippen LogP contribution in [0.25, 0.3) is 0 Å². The zero-order valence-corrected chi connectivity index (χ0v) is 12.3. The summed E-state index contributed by atoms with van der Waals surface area (Å²) in [6.45, 7) is 3.36. The van der Waals surface area contributed by atoms with E-state index in [0.717, 1.165) is 5.56 Å². The van der Waals surface area contributed by atoms with Gasteiger partial charge in [-0.2, -0.15) is 5.26 Å². The monoisotopic (exact) mass is 297 g/mol. The molecule has 0 unspecified atom stereocenters. The lowest BCUT2D eigenvalue weighted by atomic mass is 10.0. The topological polar surface area (TPSA) is 101 Å². The number of nitrogens with zero attached hydrogens (tertiary/aromatic N) is 4. The SMILES string of the molecule is CC(=O)N[C@H](C)c1ccc(C(=O)Cn2cnc(C#N)n2)cc1. The molecule has 1 amide bonds. The van der Waals surface area contributed by atoms with Crippen molar-refractivity contribution in [1.29, 1.82) is 5.26 Å². The molecule has 2 rings (SSSR count). The van der Waals surface area contributed by atoms with Gasteiger partial charge < -0.3 is 5.32 Å². The van der Waals surface area contributed by atoms with Crippen molar-refractivity contribution < 1.29 is 9.59 Å². The summed E-state index contributed by atoms with van der Waals surface area (Å²) in [5, 5.41) is 15.3. The third kappa shape index (κ3) is 3.76. The maximum absolute atomic E-state index is 12.1. The molecular weight excluding hydrogens is 282 g/mol. The second kappa shape index (κ2) is 6.63. The van der Waals surface area contributed by atoms with Crippen molar-refractivity contribution in [3.63, 3.8) is 0 Å². The highest BCUT2D eigenvalue weighted by molar-refractivity contribution is 5.95. The number of nitrogens with one attached hydrogen (secondary N) is 1. The van der Waals surface area contributed by atoms with Crippen LogP contribution in [-0.2, 0) is 11.3 Å². The molecule has 0 radical (unpaired) electrons. The van der Waals surface area contributed by atoms with Gasteiger partial charge in [-0.25, -0.2) is 9.67 Å². The first-order valence-corrected chi connectivity index (χ1v) is 6.69. The first kappa shape index (κ1) is 15.4. The van der Waals surface area contributed by atoms with Crippen molar-refractivity contribution in [2.45, 2.75) is 26.4 Å². The summed E-state index contributed by atoms with van der Waals surface area (Å²) in [4.78, 5) is 26.9. The first-order chi connectivity index (χ1) is 10.5. The summed E-state index contributed by atoms with van der Waals surface area (Å²) >= 11 is 0. The Morgan fingerprint density at radius 1 is 1.36 bits per heavy atom. The normalized spacial score (nSPS) is 11.5. The number of carbonyl (C=O) groups is 2. The molecule has 7 heteroatoms. The second-order valence-electron chi connectivity index (χ2n) is 4.84. The minimum atomic E-state index is -0.131. The molecule has 22 heavy (non-hydrogen) atoms. The maximum Gasteiger partial charge on any atom is 0.252 e. The molecule has 0 saturated heterocycles. The van der Waals surface area contributed by atoms with Gasteiger partial charge in [0, 0.05) is 12.5 Å². The molecule has 0 bridgehead atoms. The number of Topliss-reactive ketones (excluding diaryl/α,β-unsaturated/α-hetero) is 1. The zero-order valence-electron chi connectivity index (χ0n) is 12.3. The average molecular weight is 297 g/mol. The van der Waals surface area contributed by atoms with Gasteiger partial charge in [0.05, 0.1) is 6.04 Å². The Kier molecular flexibility index (Phi) is 4.63. The third-order valence-corrected chi connectivity index (χ3v) is 3.09. The van der Waals surface area contributed by atoms with E-state index in [1.807, 2.05) is 6.92 Å². The highest BCUT2D eigenvalue weighted by Gasteiger charge is 2.11. The molecule has 112 valence electrons. The molecule has 0 aliphatic heterocycles. The lowest BCUT2D eigenvalue weighted by molar-refractivity contribution is -0.119. The Hall–Kier alpha value is -3.01. The van der Waals surface area contributed by atoms with Crippen LogP contribution in [0.15, 0.2) is 30.6 Å². The lowest BCUT2D eigenvalue weighted by Crippen LogP contribution is -2.23. The summed E-state index contributed by atoms with van der Waals surface area (Å²) < 4.78 is 1.33. The quantitative estimate of drug-likeness (QED) is 0.836. The van der Waals surface area contributed by atoms with Gasteiger partial charge in [-0.3, -0.25) is 9.59 Å². The summed E-state index contributed by atoms with van der Waals surface area (Å²) in [5.74, 6) is -0.201. The van der Waals surface area contributed by atoms with Gasteiger partial charge in [0.2, 0.25) is 5.91 Å². The Morgan fingerprint density at radius 2 is 2.05 bits per heavy atom. The molecular formula is C15H15N5O2. The van der Waals surface area contributed by atoms with Crippen LogP contribution in [0.3, 0.4) is 0 Å². The Labute approximate surface area is 127 Å². The first-order valence-electron chi connectivity index (χ1n) is 6.69. The van der Waals surface area contributed by atoms with E-state index in [9.17, 15) is 9.59 Å². The molecule has 0 aliphatic carbocycles. The molecule has 1 atom stereocenters. The molecule has 0 fully saturated rings. The largest absolute Gasteiger partial charge is 0.350 e. The van der Waals surface area contributed by atoms with Gasteiger partial charge in [-0.05, 0) is 12.5 Å². The number of nitriles is 1. The Balaban J connectivity index is 2.05. The van der Waals surface area contributed by atoms with Crippen LogP contribution in [-0.4, -0.2) is 26.5 Å². The fourth-order valence-electron chi connectivity index (χ4n) is 2.01. The highest BCUT2D eigenvalue weighted by atomic mass is 16.1. The van der Waals surface area contributed by atoms with Crippen LogP contribution in [0.1, 0.15) is 41.6 Å². The molecule has 1 N–H and O–H groups in total. The number of benzene rings is 1. The fourth-order valence-corrected chi connectivity index (χ4v) is 2.01. The van der Waals surface area contributed by atoms with Crippen molar-refractivity contribution >= 4 is 11.7 Å². The van der Waals surface area contributed by atoms with E-state index in [4.69, 9.17) is 5.26 Å². The minimum absolute atomic E-state index is 0.0231. The number of rotatable bonds is 5. The fraction of sp³-hybridized carbons (Fsp3) is 0.267. The molecule has 1 aromatic carbocycles. The van der Waals surface area contributed by atoms with E-state index in [-0.39, 0.29) is 30.1 Å². The smallest absolute Gasteiger partial charge is 0.252 e. The second-order valence-corrected chi connectivity index (χ2v) is 4.84. The number of ketones is 1. The summed E-state index contributed by atoms with van der Waals surface area (Å²) in [7, 11) is 0. The summed E-state index contributed by atoms with van der Waals surface area (Å²) in [6, 6.07) is 8.71. The molecule has 1 heterocycles. The summed E-state index contributed by atoms with van der Waals surface area (Å²) in [6.07, 6.45) is 1.35. The van der Waals surface area contributed by atoms with Crippen LogP contribution >= 0.6 is 0 Å². The molecule has 1 aromatic heterocycles. The lowest BCUT2D eigenvalue weighted by Gasteiger charge is -2.13. The number of hydrogen-bond acceptors (Lipinski definition) is 5. The van der Waals surface area contributed by atoms with Crippen molar-refractivity contribution in [3.8, 4) is 6.07 Å². The van der Waals surface area contributed by atoms with Gasteiger partial charge in [0.1, 0.15) is 18.9 Å². The predicted molar refractivity (Wildman–Crippen MR) is 77.7 cm³/mol. The van der Waals surface area contributed by atoms with Gasteiger partial charge in [-0.1, -0.05) is 24.3 Å². The predicted octanol–water partition coefficient (Wildman–Crippen LogP) is 1.23. The van der Waals surface area contributed by atoms with E-state index >= 15 is 0 Å². The van der Waals surface area contributed by atoms with E-state index in [1.54, 1.807) is 30.3 Å². The number of hydrogen-bond donors (Lipinski definition) is 1. The third-order valence-electron chi connectivity index (χ3n) is 3.09. The van der Waals surface area contributed by atoms with Crippen LogP contribution in [0.4, 0.5) is 0 Å². The van der Waals surface area contributed by atoms with Gasteiger partial charge in [0.25, 0.3) is 5.82 Å². The van der Waals surface area contributed by atoms with Crippen molar-refractivity contribution in [3.05, 3.63) is 47.5 Å². The van der Waals surface area contributed by atoms with Crippen LogP contribution in [0.5, 0.6) is 0 Å². The average Bonchev–Trinajstić information content (AvgIpc) is 2.94. The minimum Gasteiger partial charge on any atom is -0.350 e. The summed E-state index contributed by atoms with van der Waals surface area (Å²) in [5.41, 5.74) is 1.45. The molecule has 0 aliphatic rings. The Morgan fingerprint density at radius 3 is 2.59 bits per heavy atom.